The van der Waals surface area contributed by atoms with Crippen molar-refractivity contribution in [3.8, 4) is 0 Å². The van der Waals surface area contributed by atoms with Crippen molar-refractivity contribution in [2.24, 2.45) is 16.6 Å². The van der Waals surface area contributed by atoms with E-state index in [-0.39, 0.29) is 24.0 Å². The number of benzene rings is 2. The second-order valence-electron chi connectivity index (χ2n) is 5.52. The summed E-state index contributed by atoms with van der Waals surface area (Å²) in [6.07, 6.45) is 4.01. The maximum Gasteiger partial charge on any atom is 0.188 e. The Morgan fingerprint density at radius 3 is 2.67 bits per heavy atom. The van der Waals surface area contributed by atoms with Crippen molar-refractivity contribution in [1.82, 2.24) is 5.32 Å². The van der Waals surface area contributed by atoms with Crippen molar-refractivity contribution >= 4 is 40.7 Å². The van der Waals surface area contributed by atoms with E-state index in [1.54, 1.807) is 0 Å². The molecule has 0 atom stereocenters. The average molecular weight is 395 g/mol. The lowest BCUT2D eigenvalue weighted by molar-refractivity contribution is 0.315. The van der Waals surface area contributed by atoms with Gasteiger partial charge < -0.3 is 11.1 Å². The predicted octanol–water partition coefficient (Wildman–Crippen LogP) is 3.66. The van der Waals surface area contributed by atoms with Crippen LogP contribution in [-0.2, 0) is 6.54 Å². The molecule has 0 bridgehead atoms. The molecule has 21 heavy (non-hydrogen) atoms. The fourth-order valence-electron chi connectivity index (χ4n) is 2.60. The molecule has 0 aliphatic heterocycles. The second-order valence-corrected chi connectivity index (χ2v) is 5.52. The first-order chi connectivity index (χ1) is 9.83. The van der Waals surface area contributed by atoms with E-state index < -0.39 is 0 Å². The van der Waals surface area contributed by atoms with E-state index in [1.807, 2.05) is 0 Å². The number of fused-ring (bicyclic) bond motifs is 1. The van der Waals surface area contributed by atoms with Gasteiger partial charge in [0, 0.05) is 6.54 Å². The second kappa shape index (κ2) is 7.64. The zero-order valence-electron chi connectivity index (χ0n) is 12.1. The van der Waals surface area contributed by atoms with Gasteiger partial charge in [0.1, 0.15) is 0 Å². The molecule has 0 amide bonds. The highest BCUT2D eigenvalue weighted by Crippen LogP contribution is 2.25. The zero-order chi connectivity index (χ0) is 13.8. The van der Waals surface area contributed by atoms with Crippen molar-refractivity contribution in [3.63, 3.8) is 0 Å². The molecule has 3 rings (SSSR count). The van der Waals surface area contributed by atoms with Gasteiger partial charge in [0.2, 0.25) is 0 Å². The summed E-state index contributed by atoms with van der Waals surface area (Å²) in [5.41, 5.74) is 7.15. The summed E-state index contributed by atoms with van der Waals surface area (Å²) in [6.45, 7) is 1.59. The SMILES string of the molecule is I.NC(=NCc1cccc2ccccc12)NCC1CCC1. The van der Waals surface area contributed by atoms with Crippen LogP contribution in [0, 0.1) is 5.92 Å². The predicted molar refractivity (Wildman–Crippen MR) is 100 cm³/mol. The van der Waals surface area contributed by atoms with E-state index in [0.717, 1.165) is 12.5 Å². The smallest absolute Gasteiger partial charge is 0.188 e. The van der Waals surface area contributed by atoms with Gasteiger partial charge in [0.05, 0.1) is 6.54 Å². The van der Waals surface area contributed by atoms with Gasteiger partial charge in [-0.3, -0.25) is 0 Å². The molecule has 0 radical (unpaired) electrons. The molecule has 0 heterocycles. The zero-order valence-corrected chi connectivity index (χ0v) is 14.4. The van der Waals surface area contributed by atoms with Gasteiger partial charge in [-0.2, -0.15) is 0 Å². The number of guanidine groups is 1. The van der Waals surface area contributed by atoms with Crippen molar-refractivity contribution in [2.75, 3.05) is 6.54 Å². The van der Waals surface area contributed by atoms with Crippen LogP contribution in [0.25, 0.3) is 10.8 Å². The fourth-order valence-corrected chi connectivity index (χ4v) is 2.60. The molecule has 1 aliphatic carbocycles. The molecule has 1 aliphatic rings. The maximum atomic E-state index is 5.93. The summed E-state index contributed by atoms with van der Waals surface area (Å²) in [6, 6.07) is 14.7. The van der Waals surface area contributed by atoms with E-state index in [4.69, 9.17) is 5.73 Å². The number of nitrogens with two attached hydrogens (primary N) is 1. The third-order valence-electron chi connectivity index (χ3n) is 4.10. The Balaban J connectivity index is 0.00000161. The minimum absolute atomic E-state index is 0. The highest BCUT2D eigenvalue weighted by molar-refractivity contribution is 14.0. The van der Waals surface area contributed by atoms with Crippen LogP contribution >= 0.6 is 24.0 Å². The van der Waals surface area contributed by atoms with E-state index >= 15 is 0 Å². The van der Waals surface area contributed by atoms with Gasteiger partial charge >= 0.3 is 0 Å². The van der Waals surface area contributed by atoms with Gasteiger partial charge in [0.25, 0.3) is 0 Å². The molecular formula is C17H22IN3. The summed E-state index contributed by atoms with van der Waals surface area (Å²) in [4.78, 5) is 4.46. The van der Waals surface area contributed by atoms with Gasteiger partial charge in [-0.1, -0.05) is 48.9 Å². The third-order valence-corrected chi connectivity index (χ3v) is 4.10. The van der Waals surface area contributed by atoms with E-state index in [9.17, 15) is 0 Å². The van der Waals surface area contributed by atoms with Crippen molar-refractivity contribution < 1.29 is 0 Å². The Morgan fingerprint density at radius 1 is 1.14 bits per heavy atom. The summed E-state index contributed by atoms with van der Waals surface area (Å²) < 4.78 is 0. The molecule has 1 fully saturated rings. The summed E-state index contributed by atoms with van der Waals surface area (Å²) in [5, 5.41) is 5.74. The monoisotopic (exact) mass is 395 g/mol. The van der Waals surface area contributed by atoms with E-state index in [2.05, 4.69) is 52.8 Å². The van der Waals surface area contributed by atoms with Crippen molar-refractivity contribution in [3.05, 3.63) is 48.0 Å². The lowest BCUT2D eigenvalue weighted by Gasteiger charge is -2.25. The molecular weight excluding hydrogens is 373 g/mol. The van der Waals surface area contributed by atoms with Gasteiger partial charge in [-0.25, -0.2) is 4.99 Å². The Hall–Kier alpha value is -1.30. The average Bonchev–Trinajstić information content (AvgIpc) is 2.43. The standard InChI is InChI=1S/C17H21N3.HI/c18-17(19-11-13-5-3-6-13)20-12-15-9-4-8-14-7-1-2-10-16(14)15;/h1-2,4,7-10,13H,3,5-6,11-12H2,(H3,18,19,20);1H. The molecule has 3 nitrogen and oxygen atoms in total. The van der Waals surface area contributed by atoms with Crippen molar-refractivity contribution in [2.45, 2.75) is 25.8 Å². The van der Waals surface area contributed by atoms with Crippen LogP contribution in [0.1, 0.15) is 24.8 Å². The van der Waals surface area contributed by atoms with Crippen molar-refractivity contribution in [1.29, 1.82) is 0 Å². The molecule has 112 valence electrons. The first-order valence-electron chi connectivity index (χ1n) is 7.33. The minimum atomic E-state index is 0. The van der Waals surface area contributed by atoms with Gasteiger partial charge in [-0.15, -0.1) is 24.0 Å². The quantitative estimate of drug-likeness (QED) is 0.472. The largest absolute Gasteiger partial charge is 0.370 e. The normalized spacial score (nSPS) is 15.3. The third kappa shape index (κ3) is 4.09. The van der Waals surface area contributed by atoms with Crippen LogP contribution in [-0.4, -0.2) is 12.5 Å². The summed E-state index contributed by atoms with van der Waals surface area (Å²) in [5.74, 6) is 1.35. The first-order valence-corrected chi connectivity index (χ1v) is 7.33. The molecule has 0 spiro atoms. The van der Waals surface area contributed by atoms with Crippen LogP contribution in [0.4, 0.5) is 0 Å². The molecule has 0 aromatic heterocycles. The Bertz CT molecular complexity index is 615. The van der Waals surface area contributed by atoms with Crippen LogP contribution < -0.4 is 11.1 Å². The molecule has 0 unspecified atom stereocenters. The molecule has 2 aromatic carbocycles. The molecule has 2 aromatic rings. The van der Waals surface area contributed by atoms with Crippen LogP contribution in [0.5, 0.6) is 0 Å². The Labute approximate surface area is 143 Å². The van der Waals surface area contributed by atoms with Crippen LogP contribution in [0.15, 0.2) is 47.5 Å². The Morgan fingerprint density at radius 2 is 1.90 bits per heavy atom. The maximum absolute atomic E-state index is 5.93. The summed E-state index contributed by atoms with van der Waals surface area (Å²) >= 11 is 0. The number of hydrogen-bond donors (Lipinski definition) is 2. The highest BCUT2D eigenvalue weighted by atomic mass is 127. The number of hydrogen-bond acceptors (Lipinski definition) is 1. The first kappa shape index (κ1) is 16.1. The summed E-state index contributed by atoms with van der Waals surface area (Å²) in [7, 11) is 0. The lowest BCUT2D eigenvalue weighted by Crippen LogP contribution is -2.37. The number of aliphatic imine (C=N–C) groups is 1. The van der Waals surface area contributed by atoms with E-state index in [0.29, 0.717) is 12.5 Å². The molecule has 0 saturated heterocycles. The molecule has 1 saturated carbocycles. The number of halogens is 1. The molecule has 3 N–H and O–H groups in total. The van der Waals surface area contributed by atoms with Gasteiger partial charge in [0.15, 0.2) is 5.96 Å². The van der Waals surface area contributed by atoms with Gasteiger partial charge in [-0.05, 0) is 35.1 Å². The van der Waals surface area contributed by atoms with E-state index in [1.165, 1.54) is 35.6 Å². The number of nitrogens with one attached hydrogen (secondary N) is 1. The minimum Gasteiger partial charge on any atom is -0.370 e. The van der Waals surface area contributed by atoms with Crippen LogP contribution in [0.2, 0.25) is 0 Å². The van der Waals surface area contributed by atoms with Crippen LogP contribution in [0.3, 0.4) is 0 Å². The molecule has 4 heteroatoms. The number of rotatable bonds is 4. The topological polar surface area (TPSA) is 50.4 Å². The Kier molecular flexibility index (Phi) is 5.85. The lowest BCUT2D eigenvalue weighted by atomic mass is 9.85. The fraction of sp³-hybridized carbons (Fsp3) is 0.353. The number of nitrogens with zero attached hydrogens (tertiary/aromatic N) is 1. The highest BCUT2D eigenvalue weighted by Gasteiger charge is 2.16.